The van der Waals surface area contributed by atoms with Crippen molar-refractivity contribution < 1.29 is 23.0 Å². The highest BCUT2D eigenvalue weighted by atomic mass is 19.4. The predicted octanol–water partition coefficient (Wildman–Crippen LogP) is 5.20. The average Bonchev–Trinajstić information content (AvgIpc) is 2.70. The molecule has 164 valence electrons. The van der Waals surface area contributed by atoms with Crippen molar-refractivity contribution in [2.75, 3.05) is 17.2 Å². The molecule has 3 aromatic rings. The van der Waals surface area contributed by atoms with Crippen molar-refractivity contribution in [3.8, 4) is 17.0 Å². The third kappa shape index (κ3) is 6.08. The lowest BCUT2D eigenvalue weighted by atomic mass is 10.1. The number of rotatable bonds is 7. The normalized spacial score (nSPS) is 12.4. The topological polar surface area (TPSA) is 79.3 Å². The van der Waals surface area contributed by atoms with Crippen LogP contribution in [0.15, 0.2) is 48.5 Å². The number of aromatic nitrogens is 2. The molecule has 0 saturated heterocycles. The Morgan fingerprint density at radius 3 is 2.52 bits per heavy atom. The van der Waals surface area contributed by atoms with Crippen LogP contribution in [-0.4, -0.2) is 34.1 Å². The lowest BCUT2D eigenvalue weighted by Crippen LogP contribution is -2.21. The predicted molar refractivity (Wildman–Crippen MR) is 114 cm³/mol. The zero-order valence-electron chi connectivity index (χ0n) is 17.3. The molecule has 2 aromatic carbocycles. The van der Waals surface area contributed by atoms with Gasteiger partial charge in [0.2, 0.25) is 5.95 Å². The van der Waals surface area contributed by atoms with Crippen LogP contribution < -0.4 is 15.4 Å². The summed E-state index contributed by atoms with van der Waals surface area (Å²) < 4.78 is 41.8. The fourth-order valence-corrected chi connectivity index (χ4v) is 2.87. The number of ether oxygens (including phenoxy) is 1. The molecule has 6 nitrogen and oxygen atoms in total. The van der Waals surface area contributed by atoms with Crippen molar-refractivity contribution >= 4 is 17.5 Å². The van der Waals surface area contributed by atoms with Crippen LogP contribution in [0.25, 0.3) is 11.3 Å². The van der Waals surface area contributed by atoms with Crippen molar-refractivity contribution in [1.29, 1.82) is 0 Å². The summed E-state index contributed by atoms with van der Waals surface area (Å²) >= 11 is 0. The summed E-state index contributed by atoms with van der Waals surface area (Å²) in [6.45, 7) is 5.59. The van der Waals surface area contributed by atoms with Crippen LogP contribution in [-0.2, 0) is 0 Å². The van der Waals surface area contributed by atoms with E-state index in [2.05, 4.69) is 25.3 Å². The van der Waals surface area contributed by atoms with Gasteiger partial charge in [0.1, 0.15) is 11.6 Å². The molecule has 0 saturated carbocycles. The molecule has 3 N–H and O–H groups in total. The highest BCUT2D eigenvalue weighted by Crippen LogP contribution is 2.30. The lowest BCUT2D eigenvalue weighted by Gasteiger charge is -2.16. The second kappa shape index (κ2) is 9.22. The average molecular weight is 432 g/mol. The summed E-state index contributed by atoms with van der Waals surface area (Å²) in [6, 6.07) is 12.7. The maximum atomic E-state index is 12.6. The fraction of sp³-hybridized carbons (Fsp3) is 0.273. The summed E-state index contributed by atoms with van der Waals surface area (Å²) in [5, 5.41) is 15.6. The molecule has 0 amide bonds. The van der Waals surface area contributed by atoms with Gasteiger partial charge < -0.3 is 20.5 Å². The smallest absolute Gasteiger partial charge is 0.406 e. The molecule has 0 aliphatic carbocycles. The van der Waals surface area contributed by atoms with Gasteiger partial charge >= 0.3 is 6.36 Å². The van der Waals surface area contributed by atoms with E-state index in [1.54, 1.807) is 19.1 Å². The molecule has 0 radical (unpaired) electrons. The maximum absolute atomic E-state index is 12.6. The van der Waals surface area contributed by atoms with Crippen LogP contribution in [0.2, 0.25) is 0 Å². The van der Waals surface area contributed by atoms with Gasteiger partial charge in [0.25, 0.3) is 0 Å². The van der Waals surface area contributed by atoms with Crippen LogP contribution in [0.1, 0.15) is 18.1 Å². The largest absolute Gasteiger partial charge is 0.573 e. The van der Waals surface area contributed by atoms with Crippen LogP contribution in [0.5, 0.6) is 5.75 Å². The molecule has 0 fully saturated rings. The molecule has 0 unspecified atom stereocenters. The molecule has 1 atom stereocenters. The van der Waals surface area contributed by atoms with Crippen LogP contribution in [0, 0.1) is 13.8 Å². The number of aliphatic hydroxyl groups excluding tert-OH is 1. The Morgan fingerprint density at radius 1 is 1.06 bits per heavy atom. The number of benzene rings is 2. The van der Waals surface area contributed by atoms with Crippen LogP contribution in [0.4, 0.5) is 30.6 Å². The van der Waals surface area contributed by atoms with Gasteiger partial charge in [-0.2, -0.15) is 4.98 Å². The number of alkyl halides is 3. The number of aliphatic hydroxyl groups is 1. The zero-order valence-corrected chi connectivity index (χ0v) is 17.3. The molecule has 0 aliphatic rings. The molecule has 0 bridgehead atoms. The SMILES string of the molecule is Cc1cccc(Nc2cc(-c3cccc(OC(F)(F)F)c3)nc(N[C@@H](C)CO)n2)c1C. The standard InChI is InChI=1S/C22H23F3N4O2/c1-13-6-4-9-18(15(13)3)27-20-11-19(28-21(29-20)26-14(2)12-30)16-7-5-8-17(10-16)31-22(23,24)25/h4-11,14,30H,12H2,1-3H3,(H2,26,27,28,29)/t14-/m0/s1. The number of hydrogen-bond donors (Lipinski definition) is 3. The quantitative estimate of drug-likeness (QED) is 0.477. The first-order valence-electron chi connectivity index (χ1n) is 9.60. The van der Waals surface area contributed by atoms with Crippen molar-refractivity contribution in [2.45, 2.75) is 33.2 Å². The third-order valence-corrected chi connectivity index (χ3v) is 4.61. The Balaban J connectivity index is 2.01. The first-order chi connectivity index (χ1) is 14.6. The second-order valence-corrected chi connectivity index (χ2v) is 7.14. The number of hydrogen-bond acceptors (Lipinski definition) is 6. The van der Waals surface area contributed by atoms with E-state index < -0.39 is 6.36 Å². The summed E-state index contributed by atoms with van der Waals surface area (Å²) in [4.78, 5) is 8.84. The van der Waals surface area contributed by atoms with E-state index in [1.807, 2.05) is 32.0 Å². The van der Waals surface area contributed by atoms with Gasteiger partial charge in [-0.1, -0.05) is 24.3 Å². The lowest BCUT2D eigenvalue weighted by molar-refractivity contribution is -0.274. The molecule has 9 heteroatoms. The Morgan fingerprint density at radius 2 is 1.81 bits per heavy atom. The fourth-order valence-electron chi connectivity index (χ4n) is 2.87. The number of nitrogens with zero attached hydrogens (tertiary/aromatic N) is 2. The van der Waals surface area contributed by atoms with E-state index in [4.69, 9.17) is 0 Å². The molecule has 1 aromatic heterocycles. The van der Waals surface area contributed by atoms with Gasteiger partial charge in [-0.3, -0.25) is 0 Å². The van der Waals surface area contributed by atoms with Gasteiger partial charge in [-0.05, 0) is 50.1 Å². The summed E-state index contributed by atoms with van der Waals surface area (Å²) in [7, 11) is 0. The van der Waals surface area contributed by atoms with Crippen molar-refractivity contribution in [1.82, 2.24) is 9.97 Å². The van der Waals surface area contributed by atoms with Crippen molar-refractivity contribution in [3.05, 3.63) is 59.7 Å². The zero-order chi connectivity index (χ0) is 22.6. The maximum Gasteiger partial charge on any atom is 0.573 e. The van der Waals surface area contributed by atoms with E-state index in [1.165, 1.54) is 18.2 Å². The Bertz CT molecular complexity index is 1060. The Hall–Kier alpha value is -3.33. The minimum absolute atomic E-state index is 0.137. The number of halogens is 3. The van der Waals surface area contributed by atoms with Gasteiger partial charge in [-0.25, -0.2) is 4.98 Å². The monoisotopic (exact) mass is 432 g/mol. The minimum Gasteiger partial charge on any atom is -0.406 e. The van der Waals surface area contributed by atoms with E-state index in [0.717, 1.165) is 16.8 Å². The van der Waals surface area contributed by atoms with Gasteiger partial charge in [-0.15, -0.1) is 13.2 Å². The van der Waals surface area contributed by atoms with E-state index in [-0.39, 0.29) is 24.3 Å². The summed E-state index contributed by atoms with van der Waals surface area (Å²) in [5.74, 6) is 0.341. The van der Waals surface area contributed by atoms with E-state index in [9.17, 15) is 18.3 Å². The third-order valence-electron chi connectivity index (χ3n) is 4.61. The molecule has 1 heterocycles. The van der Waals surface area contributed by atoms with Crippen molar-refractivity contribution in [2.24, 2.45) is 0 Å². The number of aryl methyl sites for hydroxylation is 1. The van der Waals surface area contributed by atoms with Gasteiger partial charge in [0.15, 0.2) is 0 Å². The van der Waals surface area contributed by atoms with E-state index >= 15 is 0 Å². The second-order valence-electron chi connectivity index (χ2n) is 7.14. The minimum atomic E-state index is -4.79. The summed E-state index contributed by atoms with van der Waals surface area (Å²) in [6.07, 6.45) is -4.79. The van der Waals surface area contributed by atoms with Crippen molar-refractivity contribution in [3.63, 3.8) is 0 Å². The summed E-state index contributed by atoms with van der Waals surface area (Å²) in [5.41, 5.74) is 3.81. The first kappa shape index (κ1) is 22.4. The Labute approximate surface area is 178 Å². The molecule has 31 heavy (non-hydrogen) atoms. The number of anilines is 3. The highest BCUT2D eigenvalue weighted by Gasteiger charge is 2.31. The molecule has 0 aliphatic heterocycles. The highest BCUT2D eigenvalue weighted by molar-refractivity contribution is 5.69. The first-order valence-corrected chi connectivity index (χ1v) is 9.60. The molecular formula is C22H23F3N4O2. The van der Waals surface area contributed by atoms with Crippen LogP contribution in [0.3, 0.4) is 0 Å². The van der Waals surface area contributed by atoms with E-state index in [0.29, 0.717) is 17.1 Å². The molecule has 3 rings (SSSR count). The molecule has 0 spiro atoms. The van der Waals surface area contributed by atoms with Gasteiger partial charge in [0, 0.05) is 23.4 Å². The van der Waals surface area contributed by atoms with Gasteiger partial charge in [0.05, 0.1) is 12.3 Å². The number of nitrogens with one attached hydrogen (secondary N) is 2. The Kier molecular flexibility index (Phi) is 6.65. The van der Waals surface area contributed by atoms with Crippen LogP contribution >= 0.6 is 0 Å². The molecular weight excluding hydrogens is 409 g/mol.